The normalized spacial score (nSPS) is 9.50. The minimum Gasteiger partial charge on any atom is -0.305 e. The van der Waals surface area contributed by atoms with Gasteiger partial charge >= 0.3 is 6.03 Å². The highest BCUT2D eigenvalue weighted by Crippen LogP contribution is 2.18. The highest BCUT2D eigenvalue weighted by atomic mass is 32.1. The van der Waals surface area contributed by atoms with Gasteiger partial charge < -0.3 is 5.32 Å². The van der Waals surface area contributed by atoms with Crippen LogP contribution in [0.4, 0.5) is 10.5 Å². The van der Waals surface area contributed by atoms with Gasteiger partial charge in [-0.05, 0) is 17.9 Å². The number of hydrogen-bond donors (Lipinski definition) is 2. The second-order valence-electron chi connectivity index (χ2n) is 2.23. The zero-order valence-electron chi connectivity index (χ0n) is 6.88. The Balaban J connectivity index is 2.52. The van der Waals surface area contributed by atoms with E-state index in [4.69, 9.17) is 0 Å². The summed E-state index contributed by atoms with van der Waals surface area (Å²) in [5.41, 5.74) is 4.03. The molecule has 0 aliphatic carbocycles. The van der Waals surface area contributed by atoms with Gasteiger partial charge in [0.05, 0.1) is 12.8 Å². The molecule has 0 bridgehead atoms. The zero-order chi connectivity index (χ0) is 8.97. The van der Waals surface area contributed by atoms with Crippen LogP contribution in [0.25, 0.3) is 0 Å². The van der Waals surface area contributed by atoms with E-state index in [1.165, 1.54) is 7.11 Å². The van der Waals surface area contributed by atoms with E-state index in [1.807, 2.05) is 17.7 Å². The van der Waals surface area contributed by atoms with Crippen molar-refractivity contribution >= 4 is 23.1 Å². The second-order valence-corrected chi connectivity index (χ2v) is 2.97. The summed E-state index contributed by atoms with van der Waals surface area (Å²) in [4.78, 5) is 15.4. The zero-order valence-corrected chi connectivity index (χ0v) is 7.70. The average molecular weight is 186 g/mol. The second kappa shape index (κ2) is 4.08. The summed E-state index contributed by atoms with van der Waals surface area (Å²) in [5, 5.41) is 6.45. The molecule has 12 heavy (non-hydrogen) atoms. The molecule has 0 radical (unpaired) electrons. The fourth-order valence-electron chi connectivity index (χ4n) is 0.729. The van der Waals surface area contributed by atoms with Crippen LogP contribution in [0.1, 0.15) is 5.56 Å². The number of hydroxylamine groups is 1. The first-order chi connectivity index (χ1) is 5.74. The highest BCUT2D eigenvalue weighted by Gasteiger charge is 2.02. The van der Waals surface area contributed by atoms with Crippen LogP contribution in [0, 0.1) is 6.92 Å². The van der Waals surface area contributed by atoms with E-state index in [-0.39, 0.29) is 6.03 Å². The summed E-state index contributed by atoms with van der Waals surface area (Å²) >= 11 is 1.54. The van der Waals surface area contributed by atoms with Gasteiger partial charge in [-0.1, -0.05) is 0 Å². The van der Waals surface area contributed by atoms with Gasteiger partial charge in [-0.2, -0.15) is 0 Å². The van der Waals surface area contributed by atoms with Crippen molar-refractivity contribution in [3.8, 4) is 0 Å². The van der Waals surface area contributed by atoms with Crippen molar-refractivity contribution in [2.75, 3.05) is 12.4 Å². The van der Waals surface area contributed by atoms with E-state index in [0.717, 1.165) is 11.3 Å². The Bertz CT molecular complexity index is 272. The molecule has 0 aromatic carbocycles. The van der Waals surface area contributed by atoms with Crippen molar-refractivity contribution in [2.45, 2.75) is 6.92 Å². The highest BCUT2D eigenvalue weighted by molar-refractivity contribution is 7.08. The number of amides is 2. The van der Waals surface area contributed by atoms with E-state index in [2.05, 4.69) is 15.6 Å². The first-order valence-electron chi connectivity index (χ1n) is 3.37. The lowest BCUT2D eigenvalue weighted by atomic mass is 10.3. The maximum absolute atomic E-state index is 10.9. The lowest BCUT2D eigenvalue weighted by Gasteiger charge is -2.03. The summed E-state index contributed by atoms with van der Waals surface area (Å²) in [6.45, 7) is 1.93. The van der Waals surface area contributed by atoms with Gasteiger partial charge in [0.1, 0.15) is 0 Å². The molecule has 0 fully saturated rings. The average Bonchev–Trinajstić information content (AvgIpc) is 2.37. The Kier molecular flexibility index (Phi) is 3.07. The number of aryl methyl sites for hydroxylation is 1. The molecule has 1 aromatic heterocycles. The predicted molar refractivity (Wildman–Crippen MR) is 48.2 cm³/mol. The summed E-state index contributed by atoms with van der Waals surface area (Å²) < 4.78 is 0. The molecule has 1 rings (SSSR count). The first kappa shape index (κ1) is 9.02. The molecule has 0 saturated heterocycles. The van der Waals surface area contributed by atoms with Gasteiger partial charge in [0.25, 0.3) is 0 Å². The Morgan fingerprint density at radius 2 is 2.33 bits per heavy atom. The Morgan fingerprint density at radius 1 is 1.58 bits per heavy atom. The summed E-state index contributed by atoms with van der Waals surface area (Å²) in [6, 6.07) is -0.362. The molecule has 1 heterocycles. The van der Waals surface area contributed by atoms with Crippen LogP contribution in [-0.4, -0.2) is 13.1 Å². The van der Waals surface area contributed by atoms with Crippen LogP contribution in [0.15, 0.2) is 10.8 Å². The van der Waals surface area contributed by atoms with Crippen LogP contribution in [0.3, 0.4) is 0 Å². The summed E-state index contributed by atoms with van der Waals surface area (Å²) in [5.74, 6) is 0. The van der Waals surface area contributed by atoms with E-state index < -0.39 is 0 Å². The molecule has 1 aromatic rings. The Morgan fingerprint density at radius 3 is 2.83 bits per heavy atom. The smallest absolute Gasteiger partial charge is 0.305 e. The number of hydrogen-bond acceptors (Lipinski definition) is 3. The molecule has 4 nitrogen and oxygen atoms in total. The van der Waals surface area contributed by atoms with Crippen LogP contribution in [-0.2, 0) is 4.84 Å². The molecule has 0 unspecified atom stereocenters. The van der Waals surface area contributed by atoms with Crippen LogP contribution >= 0.6 is 11.3 Å². The van der Waals surface area contributed by atoms with Crippen molar-refractivity contribution < 1.29 is 9.63 Å². The van der Waals surface area contributed by atoms with E-state index in [1.54, 1.807) is 11.3 Å². The molecule has 0 aliphatic rings. The lowest BCUT2D eigenvalue weighted by Crippen LogP contribution is -2.27. The largest absolute Gasteiger partial charge is 0.343 e. The van der Waals surface area contributed by atoms with Gasteiger partial charge in [-0.15, -0.1) is 11.3 Å². The molecule has 0 saturated carbocycles. The van der Waals surface area contributed by atoms with Gasteiger partial charge in [-0.25, -0.2) is 10.3 Å². The van der Waals surface area contributed by atoms with Crippen LogP contribution in [0.2, 0.25) is 0 Å². The van der Waals surface area contributed by atoms with Crippen molar-refractivity contribution in [2.24, 2.45) is 0 Å². The van der Waals surface area contributed by atoms with E-state index in [9.17, 15) is 4.79 Å². The van der Waals surface area contributed by atoms with Gasteiger partial charge in [0.2, 0.25) is 0 Å². The quantitative estimate of drug-likeness (QED) is 0.691. The monoisotopic (exact) mass is 186 g/mol. The van der Waals surface area contributed by atoms with Crippen molar-refractivity contribution in [1.29, 1.82) is 0 Å². The van der Waals surface area contributed by atoms with Crippen LogP contribution < -0.4 is 10.8 Å². The van der Waals surface area contributed by atoms with Gasteiger partial charge in [0.15, 0.2) is 0 Å². The molecule has 0 spiro atoms. The molecular formula is C7H10N2O2S. The molecule has 5 heteroatoms. The number of carbonyl (C=O) groups is 1. The Hall–Kier alpha value is -1.07. The fraction of sp³-hybridized carbons (Fsp3) is 0.286. The summed E-state index contributed by atoms with van der Waals surface area (Å²) in [7, 11) is 1.39. The fourth-order valence-corrected chi connectivity index (χ4v) is 1.51. The SMILES string of the molecule is CONC(=O)Nc1cscc1C. The molecule has 0 aliphatic heterocycles. The molecular weight excluding hydrogens is 176 g/mol. The van der Waals surface area contributed by atoms with Gasteiger partial charge in [0, 0.05) is 5.38 Å². The third-order valence-corrected chi connectivity index (χ3v) is 2.16. The number of carbonyl (C=O) groups excluding carboxylic acids is 1. The van der Waals surface area contributed by atoms with E-state index in [0.29, 0.717) is 0 Å². The van der Waals surface area contributed by atoms with Crippen LogP contribution in [0.5, 0.6) is 0 Å². The molecule has 2 N–H and O–H groups in total. The third kappa shape index (κ3) is 2.21. The number of anilines is 1. The molecule has 0 atom stereocenters. The Labute approximate surface area is 74.5 Å². The lowest BCUT2D eigenvalue weighted by molar-refractivity contribution is 0.114. The topological polar surface area (TPSA) is 50.4 Å². The first-order valence-corrected chi connectivity index (χ1v) is 4.31. The summed E-state index contributed by atoms with van der Waals surface area (Å²) in [6.07, 6.45) is 0. The predicted octanol–water partition coefficient (Wildman–Crippen LogP) is 1.74. The standard InChI is InChI=1S/C7H10N2O2S/c1-5-3-12-4-6(5)8-7(10)9-11-2/h3-4H,1-2H3,(H2,8,9,10). The maximum Gasteiger partial charge on any atom is 0.343 e. The maximum atomic E-state index is 10.9. The molecule has 2 amide bonds. The number of rotatable bonds is 2. The number of nitrogens with one attached hydrogen (secondary N) is 2. The minimum atomic E-state index is -0.362. The number of urea groups is 1. The van der Waals surface area contributed by atoms with Crippen molar-refractivity contribution in [3.63, 3.8) is 0 Å². The number of thiophene rings is 1. The van der Waals surface area contributed by atoms with Gasteiger partial charge in [-0.3, -0.25) is 4.84 Å². The van der Waals surface area contributed by atoms with Crippen molar-refractivity contribution in [1.82, 2.24) is 5.48 Å². The third-order valence-electron chi connectivity index (χ3n) is 1.30. The van der Waals surface area contributed by atoms with Crippen molar-refractivity contribution in [3.05, 3.63) is 16.3 Å². The van der Waals surface area contributed by atoms with E-state index >= 15 is 0 Å². The molecule has 66 valence electrons. The minimum absolute atomic E-state index is 0.362.